The predicted molar refractivity (Wildman–Crippen MR) is 98.9 cm³/mol. The van der Waals surface area contributed by atoms with Gasteiger partial charge in [-0.25, -0.2) is 0 Å². The van der Waals surface area contributed by atoms with Crippen molar-refractivity contribution < 1.29 is 19.5 Å². The van der Waals surface area contributed by atoms with Gasteiger partial charge in [0, 0.05) is 13.1 Å². The third kappa shape index (κ3) is 8.97. The van der Waals surface area contributed by atoms with Crippen LogP contribution in [-0.4, -0.2) is 60.0 Å². The van der Waals surface area contributed by atoms with Gasteiger partial charge in [-0.3, -0.25) is 14.4 Å². The molecule has 0 aromatic carbocycles. The molecule has 0 aliphatic heterocycles. The molecular formula is C13H29N5O4P2. The van der Waals surface area contributed by atoms with Crippen LogP contribution in [0.15, 0.2) is 0 Å². The second-order valence-electron chi connectivity index (χ2n) is 5.49. The zero-order chi connectivity index (χ0) is 18.7. The minimum Gasteiger partial charge on any atom is -0.391 e. The fourth-order valence-corrected chi connectivity index (χ4v) is 2.24. The number of aliphatic hydroxyl groups is 1. The van der Waals surface area contributed by atoms with Crippen LogP contribution in [0.3, 0.4) is 0 Å². The molecular weight excluding hydrogens is 352 g/mol. The standard InChI is InChI=1S/C13H29N5O4P2/c1-7(19)10(4-6-16-24)17-13(22)11(8(2)20)18-12(21)9(14)3-5-15-23/h8-11,15-16,20H,3-6,14,23-24H2,1-2H3,(H,17,22)(H,18,21). The lowest BCUT2D eigenvalue weighted by atomic mass is 10.1. The molecule has 0 heterocycles. The van der Waals surface area contributed by atoms with Gasteiger partial charge < -0.3 is 31.6 Å². The molecule has 7 N–H and O–H groups in total. The second kappa shape index (κ2) is 12.6. The van der Waals surface area contributed by atoms with Crippen LogP contribution in [0.1, 0.15) is 26.7 Å². The summed E-state index contributed by atoms with van der Waals surface area (Å²) in [5.74, 6) is -1.37. The van der Waals surface area contributed by atoms with Crippen LogP contribution in [0.2, 0.25) is 0 Å². The van der Waals surface area contributed by atoms with Crippen molar-refractivity contribution in [3.63, 3.8) is 0 Å². The largest absolute Gasteiger partial charge is 0.391 e. The number of carbonyl (C=O) groups excluding carboxylic acids is 3. The normalized spacial score (nSPS) is 15.9. The molecule has 0 aromatic heterocycles. The first-order valence-corrected chi connectivity index (χ1v) is 8.81. The van der Waals surface area contributed by atoms with Crippen LogP contribution in [0.5, 0.6) is 0 Å². The van der Waals surface area contributed by atoms with Crippen LogP contribution in [0.25, 0.3) is 0 Å². The number of hydrogen-bond donors (Lipinski definition) is 6. The number of nitrogens with one attached hydrogen (secondary N) is 4. The van der Waals surface area contributed by atoms with E-state index in [0.29, 0.717) is 25.9 Å². The van der Waals surface area contributed by atoms with E-state index >= 15 is 0 Å². The van der Waals surface area contributed by atoms with Gasteiger partial charge in [-0.05, 0) is 26.7 Å². The molecule has 2 amide bonds. The molecule has 0 saturated carbocycles. The Morgan fingerprint density at radius 3 is 2.04 bits per heavy atom. The van der Waals surface area contributed by atoms with Crippen molar-refractivity contribution in [3.8, 4) is 0 Å². The highest BCUT2D eigenvalue weighted by Crippen LogP contribution is 2.00. The smallest absolute Gasteiger partial charge is 0.245 e. The number of aliphatic hydroxyl groups excluding tert-OH is 1. The molecule has 0 radical (unpaired) electrons. The number of carbonyl (C=O) groups is 3. The van der Waals surface area contributed by atoms with Crippen molar-refractivity contribution >= 4 is 36.4 Å². The Hall–Kier alpha value is -0.690. The molecule has 140 valence electrons. The molecule has 0 aromatic rings. The van der Waals surface area contributed by atoms with E-state index in [1.807, 2.05) is 0 Å². The van der Waals surface area contributed by atoms with Crippen molar-refractivity contribution in [3.05, 3.63) is 0 Å². The van der Waals surface area contributed by atoms with Gasteiger partial charge in [0.05, 0.1) is 18.2 Å². The summed E-state index contributed by atoms with van der Waals surface area (Å²) in [6.07, 6.45) is -0.363. The fraction of sp³-hybridized carbons (Fsp3) is 0.769. The Kier molecular flexibility index (Phi) is 12.3. The van der Waals surface area contributed by atoms with E-state index in [4.69, 9.17) is 5.73 Å². The second-order valence-corrected chi connectivity index (χ2v) is 6.31. The fourth-order valence-electron chi connectivity index (χ4n) is 1.90. The third-order valence-corrected chi connectivity index (χ3v) is 3.96. The van der Waals surface area contributed by atoms with E-state index < -0.39 is 36.0 Å². The lowest BCUT2D eigenvalue weighted by molar-refractivity contribution is -0.134. The van der Waals surface area contributed by atoms with E-state index in [-0.39, 0.29) is 5.78 Å². The molecule has 6 atom stereocenters. The van der Waals surface area contributed by atoms with Crippen molar-refractivity contribution in [2.24, 2.45) is 5.73 Å². The maximum atomic E-state index is 12.3. The van der Waals surface area contributed by atoms with Crippen LogP contribution in [0.4, 0.5) is 0 Å². The summed E-state index contributed by atoms with van der Waals surface area (Å²) in [4.78, 5) is 35.9. The molecule has 0 rings (SSSR count). The topological polar surface area (TPSA) is 146 Å². The molecule has 0 spiro atoms. The number of Topliss-reactive ketones (excluding diaryl/α,β-unsaturated/α-hetero) is 1. The van der Waals surface area contributed by atoms with Gasteiger partial charge >= 0.3 is 0 Å². The number of ketones is 1. The highest BCUT2D eigenvalue weighted by atomic mass is 31.0. The molecule has 0 aliphatic carbocycles. The zero-order valence-corrected chi connectivity index (χ0v) is 16.4. The van der Waals surface area contributed by atoms with Crippen molar-refractivity contribution in [1.29, 1.82) is 0 Å². The average Bonchev–Trinajstić information content (AvgIpc) is 2.52. The Bertz CT molecular complexity index is 425. The minimum atomic E-state index is -1.18. The van der Waals surface area contributed by atoms with Gasteiger partial charge in [-0.2, -0.15) is 0 Å². The molecule has 6 unspecified atom stereocenters. The van der Waals surface area contributed by atoms with Crippen molar-refractivity contribution in [2.75, 3.05) is 13.1 Å². The van der Waals surface area contributed by atoms with E-state index in [1.54, 1.807) is 0 Å². The van der Waals surface area contributed by atoms with Crippen LogP contribution >= 0.6 is 18.8 Å². The molecule has 0 saturated heterocycles. The average molecular weight is 381 g/mol. The molecule has 9 nitrogen and oxygen atoms in total. The highest BCUT2D eigenvalue weighted by molar-refractivity contribution is 7.13. The predicted octanol–water partition coefficient (Wildman–Crippen LogP) is -2.21. The Balaban J connectivity index is 4.81. The Morgan fingerprint density at radius 2 is 1.58 bits per heavy atom. The van der Waals surface area contributed by atoms with E-state index in [1.165, 1.54) is 13.8 Å². The summed E-state index contributed by atoms with van der Waals surface area (Å²) in [5, 5.41) is 20.4. The number of hydrogen-bond acceptors (Lipinski definition) is 7. The van der Waals surface area contributed by atoms with Crippen molar-refractivity contribution in [1.82, 2.24) is 20.8 Å². The number of nitrogens with two attached hydrogens (primary N) is 1. The molecule has 0 aliphatic rings. The SMILES string of the molecule is CC(=O)C(CCNP)NC(=O)C(NC(=O)C(N)CCNP)C(C)O. The monoisotopic (exact) mass is 381 g/mol. The zero-order valence-electron chi connectivity index (χ0n) is 14.0. The summed E-state index contributed by atoms with van der Waals surface area (Å²) in [5.41, 5.74) is 5.73. The van der Waals surface area contributed by atoms with Gasteiger partial charge in [0.15, 0.2) is 5.78 Å². The van der Waals surface area contributed by atoms with Gasteiger partial charge in [-0.1, -0.05) is 18.8 Å². The lowest BCUT2D eigenvalue weighted by Crippen LogP contribution is -2.58. The van der Waals surface area contributed by atoms with Crippen molar-refractivity contribution in [2.45, 2.75) is 50.9 Å². The van der Waals surface area contributed by atoms with E-state index in [9.17, 15) is 19.5 Å². The van der Waals surface area contributed by atoms with E-state index in [2.05, 4.69) is 39.6 Å². The van der Waals surface area contributed by atoms with Crippen LogP contribution in [0, 0.1) is 0 Å². The van der Waals surface area contributed by atoms with E-state index in [0.717, 1.165) is 0 Å². The molecule has 24 heavy (non-hydrogen) atoms. The first-order valence-electron chi connectivity index (χ1n) is 7.66. The summed E-state index contributed by atoms with van der Waals surface area (Å²) >= 11 is 0. The van der Waals surface area contributed by atoms with Gasteiger partial charge in [0.25, 0.3) is 0 Å². The molecule has 0 fully saturated rings. The highest BCUT2D eigenvalue weighted by Gasteiger charge is 2.29. The van der Waals surface area contributed by atoms with Gasteiger partial charge in [-0.15, -0.1) is 0 Å². The lowest BCUT2D eigenvalue weighted by Gasteiger charge is -2.25. The third-order valence-electron chi connectivity index (χ3n) is 3.38. The Labute approximate surface area is 147 Å². The summed E-state index contributed by atoms with van der Waals surface area (Å²) < 4.78 is 0. The maximum Gasteiger partial charge on any atom is 0.245 e. The quantitative estimate of drug-likeness (QED) is 0.210. The molecule has 0 bridgehead atoms. The number of rotatable bonds is 12. The van der Waals surface area contributed by atoms with Gasteiger partial charge in [0.2, 0.25) is 11.8 Å². The first kappa shape index (κ1) is 23.3. The summed E-state index contributed by atoms with van der Waals surface area (Å²) in [6, 6.07) is -2.69. The van der Waals surface area contributed by atoms with Crippen LogP contribution < -0.4 is 26.5 Å². The summed E-state index contributed by atoms with van der Waals surface area (Å²) in [7, 11) is 4.61. The summed E-state index contributed by atoms with van der Waals surface area (Å²) in [6.45, 7) is 3.77. The first-order chi connectivity index (χ1) is 11.2. The van der Waals surface area contributed by atoms with Gasteiger partial charge in [0.1, 0.15) is 6.04 Å². The maximum absolute atomic E-state index is 12.3. The Morgan fingerprint density at radius 1 is 1.04 bits per heavy atom. The van der Waals surface area contributed by atoms with Crippen LogP contribution in [-0.2, 0) is 14.4 Å². The number of amides is 2. The minimum absolute atomic E-state index is 0.206. The molecule has 11 heteroatoms.